The second kappa shape index (κ2) is 10.2. The molecule has 0 N–H and O–H groups in total. The fourth-order valence-electron chi connectivity index (χ4n) is 11.3. The van der Waals surface area contributed by atoms with Gasteiger partial charge in [0.25, 0.3) is 0 Å². The molecule has 5 aliphatic rings. The van der Waals surface area contributed by atoms with E-state index in [1.54, 1.807) is 5.56 Å². The van der Waals surface area contributed by atoms with Crippen LogP contribution in [0.3, 0.4) is 0 Å². The van der Waals surface area contributed by atoms with Crippen molar-refractivity contribution in [3.05, 3.63) is 139 Å². The summed E-state index contributed by atoms with van der Waals surface area (Å²) in [6.45, 7) is 0. The van der Waals surface area contributed by atoms with Crippen molar-refractivity contribution in [2.45, 2.75) is 37.5 Å². The molecule has 8 aromatic rings. The SMILES string of the molecule is c1ccc(-c2nc(-c3ccc4c(c3)C3(c5cc6ccccc6cc5-4)C4CC5CC(C4)CC3C5)nc(-c3cccc4c3oc3ccccc34)n2)cc1. The molecule has 0 saturated heterocycles. The summed E-state index contributed by atoms with van der Waals surface area (Å²) in [5, 5.41) is 4.84. The van der Waals surface area contributed by atoms with Crippen LogP contribution in [0.5, 0.6) is 0 Å². The van der Waals surface area contributed by atoms with E-state index in [1.165, 1.54) is 59.6 Å². The van der Waals surface area contributed by atoms with Crippen molar-refractivity contribution in [1.29, 1.82) is 0 Å². The average Bonchev–Trinajstić information content (AvgIpc) is 3.69. The third-order valence-corrected chi connectivity index (χ3v) is 13.1. The fraction of sp³-hybridized carbons (Fsp3) is 0.213. The van der Waals surface area contributed by atoms with Crippen molar-refractivity contribution >= 4 is 32.7 Å². The molecule has 0 unspecified atom stereocenters. The van der Waals surface area contributed by atoms with Gasteiger partial charge in [-0.1, -0.05) is 97.1 Å². The Kier molecular flexibility index (Phi) is 5.64. The van der Waals surface area contributed by atoms with E-state index in [0.717, 1.165) is 50.5 Å². The minimum Gasteiger partial charge on any atom is -0.455 e. The lowest BCUT2D eigenvalue weighted by Crippen LogP contribution is -2.55. The highest BCUT2D eigenvalue weighted by Crippen LogP contribution is 2.69. The van der Waals surface area contributed by atoms with Gasteiger partial charge in [0.1, 0.15) is 11.2 Å². The Morgan fingerprint density at radius 1 is 0.471 bits per heavy atom. The molecule has 4 heteroatoms. The number of para-hydroxylation sites is 2. The number of benzene rings is 6. The first kappa shape index (κ1) is 28.1. The Hall–Kier alpha value is -5.61. The second-order valence-electron chi connectivity index (χ2n) is 15.6. The number of hydrogen-bond acceptors (Lipinski definition) is 4. The summed E-state index contributed by atoms with van der Waals surface area (Å²) in [6, 6.07) is 45.9. The molecule has 0 aliphatic heterocycles. The van der Waals surface area contributed by atoms with Crippen LogP contribution in [0.4, 0.5) is 0 Å². The Morgan fingerprint density at radius 3 is 1.92 bits per heavy atom. The van der Waals surface area contributed by atoms with E-state index < -0.39 is 0 Å². The summed E-state index contributed by atoms with van der Waals surface area (Å²) in [4.78, 5) is 15.6. The maximum Gasteiger partial charge on any atom is 0.167 e. The molecule has 4 nitrogen and oxygen atoms in total. The number of nitrogens with zero attached hydrogens (tertiary/aromatic N) is 3. The van der Waals surface area contributed by atoms with Gasteiger partial charge in [0, 0.05) is 27.3 Å². The molecule has 2 aromatic heterocycles. The van der Waals surface area contributed by atoms with Gasteiger partial charge in [0.05, 0.1) is 5.56 Å². The lowest BCUT2D eigenvalue weighted by atomic mass is 9.43. The van der Waals surface area contributed by atoms with Crippen LogP contribution >= 0.6 is 0 Å². The van der Waals surface area contributed by atoms with E-state index in [-0.39, 0.29) is 5.41 Å². The lowest BCUT2D eigenvalue weighted by molar-refractivity contribution is -0.0398. The van der Waals surface area contributed by atoms with Crippen LogP contribution in [0.15, 0.2) is 132 Å². The minimum atomic E-state index is 0.0378. The molecule has 1 spiro atoms. The fourth-order valence-corrected chi connectivity index (χ4v) is 11.3. The number of aromatic nitrogens is 3. The Labute approximate surface area is 296 Å². The van der Waals surface area contributed by atoms with E-state index in [4.69, 9.17) is 19.4 Å². The largest absolute Gasteiger partial charge is 0.455 e. The van der Waals surface area contributed by atoms with Crippen LogP contribution in [0.1, 0.15) is 43.2 Å². The van der Waals surface area contributed by atoms with Crippen LogP contribution in [-0.4, -0.2) is 15.0 Å². The van der Waals surface area contributed by atoms with Gasteiger partial charge in [0.2, 0.25) is 0 Å². The zero-order valence-corrected chi connectivity index (χ0v) is 28.2. The highest BCUT2D eigenvalue weighted by atomic mass is 16.3. The smallest absolute Gasteiger partial charge is 0.167 e. The summed E-state index contributed by atoms with van der Waals surface area (Å²) in [5.74, 6) is 5.11. The summed E-state index contributed by atoms with van der Waals surface area (Å²) >= 11 is 0. The van der Waals surface area contributed by atoms with Gasteiger partial charge in [-0.2, -0.15) is 0 Å². The molecular weight excluding hydrogens is 623 g/mol. The second-order valence-corrected chi connectivity index (χ2v) is 15.6. The molecule has 51 heavy (non-hydrogen) atoms. The van der Waals surface area contributed by atoms with Gasteiger partial charge in [-0.3, -0.25) is 0 Å². The quantitative estimate of drug-likeness (QED) is 0.190. The van der Waals surface area contributed by atoms with Crippen LogP contribution in [0.25, 0.3) is 78.0 Å². The third kappa shape index (κ3) is 3.88. The van der Waals surface area contributed by atoms with Gasteiger partial charge in [-0.05, 0) is 119 Å². The summed E-state index contributed by atoms with van der Waals surface area (Å²) in [5.41, 5.74) is 10.5. The normalized spacial score (nSPS) is 24.2. The molecule has 4 saturated carbocycles. The van der Waals surface area contributed by atoms with Crippen molar-refractivity contribution < 1.29 is 4.42 Å². The molecular formula is C47H35N3O. The van der Waals surface area contributed by atoms with Crippen LogP contribution in [0.2, 0.25) is 0 Å². The topological polar surface area (TPSA) is 51.8 Å². The standard InChI is InChI=1S/C47H35N3O/c1-2-9-29(10-3-1)44-48-45(50-46(49-44)38-15-8-14-37-36-13-6-7-16-42(36)51-43(37)38)32-17-18-35-39-24-30-11-4-5-12-31(30)25-41(39)47(40(35)26-32)33-20-27-19-28(22-33)23-34(47)21-27/h1-18,24-28,33-34H,19-23H2. The van der Waals surface area contributed by atoms with E-state index in [9.17, 15) is 0 Å². The minimum absolute atomic E-state index is 0.0378. The molecule has 0 amide bonds. The molecule has 2 heterocycles. The van der Waals surface area contributed by atoms with Crippen molar-refractivity contribution in [3.8, 4) is 45.3 Å². The van der Waals surface area contributed by atoms with Gasteiger partial charge >= 0.3 is 0 Å². The Bertz CT molecular complexity index is 2700. The summed E-state index contributed by atoms with van der Waals surface area (Å²) < 4.78 is 6.49. The van der Waals surface area contributed by atoms with E-state index in [0.29, 0.717) is 29.3 Å². The van der Waals surface area contributed by atoms with Crippen molar-refractivity contribution in [2.75, 3.05) is 0 Å². The number of fused-ring (bicyclic) bond motifs is 7. The molecule has 4 bridgehead atoms. The molecule has 0 atom stereocenters. The van der Waals surface area contributed by atoms with Crippen molar-refractivity contribution in [2.24, 2.45) is 23.7 Å². The molecule has 6 aromatic carbocycles. The highest BCUT2D eigenvalue weighted by molar-refractivity contribution is 6.09. The first-order chi connectivity index (χ1) is 25.2. The molecule has 4 fully saturated rings. The van der Waals surface area contributed by atoms with Gasteiger partial charge in [-0.15, -0.1) is 0 Å². The molecule has 5 aliphatic carbocycles. The van der Waals surface area contributed by atoms with Gasteiger partial charge in [0.15, 0.2) is 17.5 Å². The van der Waals surface area contributed by atoms with Gasteiger partial charge in [-0.25, -0.2) is 15.0 Å². The zero-order chi connectivity index (χ0) is 33.3. The van der Waals surface area contributed by atoms with Gasteiger partial charge < -0.3 is 4.42 Å². The van der Waals surface area contributed by atoms with E-state index in [1.807, 2.05) is 30.3 Å². The predicted octanol–water partition coefficient (Wildman–Crippen LogP) is 11.6. The highest BCUT2D eigenvalue weighted by Gasteiger charge is 2.61. The zero-order valence-electron chi connectivity index (χ0n) is 28.2. The maximum atomic E-state index is 6.49. The summed E-state index contributed by atoms with van der Waals surface area (Å²) in [6.07, 6.45) is 6.82. The number of hydrogen-bond donors (Lipinski definition) is 0. The average molecular weight is 658 g/mol. The molecule has 244 valence electrons. The first-order valence-corrected chi connectivity index (χ1v) is 18.6. The Balaban J connectivity index is 1.09. The van der Waals surface area contributed by atoms with Crippen LogP contribution in [0, 0.1) is 23.7 Å². The Morgan fingerprint density at radius 2 is 1.12 bits per heavy atom. The van der Waals surface area contributed by atoms with E-state index in [2.05, 4.69) is 97.1 Å². The first-order valence-electron chi connectivity index (χ1n) is 18.6. The predicted molar refractivity (Wildman–Crippen MR) is 204 cm³/mol. The van der Waals surface area contributed by atoms with E-state index >= 15 is 0 Å². The number of furan rings is 1. The summed E-state index contributed by atoms with van der Waals surface area (Å²) in [7, 11) is 0. The maximum absolute atomic E-state index is 6.49. The van der Waals surface area contributed by atoms with Crippen molar-refractivity contribution in [3.63, 3.8) is 0 Å². The monoisotopic (exact) mass is 657 g/mol. The van der Waals surface area contributed by atoms with Crippen LogP contribution in [-0.2, 0) is 5.41 Å². The third-order valence-electron chi connectivity index (χ3n) is 13.1. The van der Waals surface area contributed by atoms with Crippen molar-refractivity contribution in [1.82, 2.24) is 15.0 Å². The molecule has 0 radical (unpaired) electrons. The van der Waals surface area contributed by atoms with Crippen LogP contribution < -0.4 is 0 Å². The lowest BCUT2D eigenvalue weighted by Gasteiger charge is -2.61. The molecule has 13 rings (SSSR count). The number of rotatable bonds is 3.